The summed E-state index contributed by atoms with van der Waals surface area (Å²) in [5.41, 5.74) is 2.18. The Morgan fingerprint density at radius 3 is 2.78 bits per heavy atom. The summed E-state index contributed by atoms with van der Waals surface area (Å²) in [6.07, 6.45) is 0. The molecule has 0 bridgehead atoms. The number of rotatable bonds is 1. The van der Waals surface area contributed by atoms with Crippen LogP contribution in [0.5, 0.6) is 0 Å². The van der Waals surface area contributed by atoms with Gasteiger partial charge in [0.1, 0.15) is 19.0 Å². The second-order valence-corrected chi connectivity index (χ2v) is 4.17. The molecule has 2 aromatic heterocycles. The number of benzene rings is 1. The van der Waals surface area contributed by atoms with Crippen molar-refractivity contribution in [3.05, 3.63) is 52.0 Å². The first kappa shape index (κ1) is 11.1. The van der Waals surface area contributed by atoms with Crippen molar-refractivity contribution >= 4 is 36.1 Å². The Balaban J connectivity index is 2.42. The van der Waals surface area contributed by atoms with Crippen molar-refractivity contribution < 1.29 is 0 Å². The van der Waals surface area contributed by atoms with Crippen LogP contribution in [0.25, 0.3) is 16.9 Å². The molecule has 4 nitrogen and oxygen atoms in total. The van der Waals surface area contributed by atoms with E-state index in [1.807, 2.05) is 18.2 Å². The molecule has 0 aliphatic carbocycles. The lowest BCUT2D eigenvalue weighted by Gasteiger charge is -2.08. The Morgan fingerprint density at radius 1 is 1.22 bits per heavy atom. The maximum absolute atomic E-state index is 11.4. The minimum atomic E-state index is -0.213. The monoisotopic (exact) mass is 255 g/mol. The molecule has 0 atom stereocenters. The molecule has 0 spiro atoms. The Kier molecular flexibility index (Phi) is 2.49. The van der Waals surface area contributed by atoms with E-state index in [0.717, 1.165) is 0 Å². The van der Waals surface area contributed by atoms with Gasteiger partial charge in [0.25, 0.3) is 0 Å². The second-order valence-electron chi connectivity index (χ2n) is 3.83. The van der Waals surface area contributed by atoms with Crippen molar-refractivity contribution in [1.82, 2.24) is 14.5 Å². The van der Waals surface area contributed by atoms with Crippen molar-refractivity contribution in [1.29, 1.82) is 0 Å². The number of imidazole rings is 1. The van der Waals surface area contributed by atoms with Gasteiger partial charge in [0.2, 0.25) is 10.8 Å². The summed E-state index contributed by atoms with van der Waals surface area (Å²) in [7, 11) is 5.91. The lowest BCUT2D eigenvalue weighted by atomic mass is 9.94. The average molecular weight is 255 g/mol. The molecule has 2 heterocycles. The average Bonchev–Trinajstić information content (AvgIpc) is 2.66. The number of nitrogens with zero attached hydrogens (tertiary/aromatic N) is 2. The largest absolute Gasteiger partial charge is 0.306 e. The van der Waals surface area contributed by atoms with Gasteiger partial charge in [-0.05, 0) is 23.7 Å². The molecule has 0 saturated carbocycles. The zero-order chi connectivity index (χ0) is 12.7. The van der Waals surface area contributed by atoms with Gasteiger partial charge in [-0.15, -0.1) is 0 Å². The summed E-state index contributed by atoms with van der Waals surface area (Å²) < 4.78 is 1.62. The van der Waals surface area contributed by atoms with Crippen LogP contribution in [0.15, 0.2) is 41.2 Å². The number of halogens is 1. The lowest BCUT2D eigenvalue weighted by Crippen LogP contribution is -2.13. The first-order chi connectivity index (χ1) is 8.66. The van der Waals surface area contributed by atoms with Crippen LogP contribution in [0.4, 0.5) is 0 Å². The van der Waals surface area contributed by atoms with Crippen LogP contribution in [0, 0.1) is 0 Å². The van der Waals surface area contributed by atoms with Gasteiger partial charge in [0.05, 0.1) is 0 Å². The fourth-order valence-corrected chi connectivity index (χ4v) is 2.14. The zero-order valence-electron chi connectivity index (χ0n) is 9.22. The van der Waals surface area contributed by atoms with Crippen molar-refractivity contribution in [2.24, 2.45) is 0 Å². The number of aromatic amines is 1. The number of nitrogens with one attached hydrogen (secondary N) is 1. The first-order valence-electron chi connectivity index (χ1n) is 5.29. The molecule has 18 heavy (non-hydrogen) atoms. The molecular formula is C12H7BClN3O. The summed E-state index contributed by atoms with van der Waals surface area (Å²) in [5.74, 6) is 0. The molecule has 0 unspecified atom stereocenters. The number of H-pyrrole nitrogens is 1. The molecule has 6 heteroatoms. The summed E-state index contributed by atoms with van der Waals surface area (Å²) in [6, 6.07) is 10.3. The van der Waals surface area contributed by atoms with Gasteiger partial charge < -0.3 is 4.98 Å². The van der Waals surface area contributed by atoms with Crippen LogP contribution in [-0.2, 0) is 0 Å². The highest BCUT2D eigenvalue weighted by Crippen LogP contribution is 2.20. The number of fused-ring (bicyclic) bond motifs is 1. The van der Waals surface area contributed by atoms with Gasteiger partial charge in [-0.2, -0.15) is 0 Å². The Bertz CT molecular complexity index is 793. The van der Waals surface area contributed by atoms with Crippen molar-refractivity contribution in [2.75, 3.05) is 0 Å². The highest BCUT2D eigenvalue weighted by Gasteiger charge is 2.12. The lowest BCUT2D eigenvalue weighted by molar-refractivity contribution is 1.07. The highest BCUT2D eigenvalue weighted by atomic mass is 35.5. The van der Waals surface area contributed by atoms with Gasteiger partial charge in [-0.25, -0.2) is 4.98 Å². The minimum absolute atomic E-state index is 0.213. The van der Waals surface area contributed by atoms with E-state index in [9.17, 15) is 4.79 Å². The van der Waals surface area contributed by atoms with Gasteiger partial charge in [0, 0.05) is 11.8 Å². The van der Waals surface area contributed by atoms with Crippen LogP contribution in [-0.4, -0.2) is 22.4 Å². The normalized spacial score (nSPS) is 10.9. The molecule has 3 aromatic rings. The number of aromatic nitrogens is 3. The molecular weight excluding hydrogens is 248 g/mol. The third-order valence-electron chi connectivity index (χ3n) is 2.68. The molecule has 1 N–H and O–H groups in total. The van der Waals surface area contributed by atoms with Gasteiger partial charge in [-0.3, -0.25) is 9.36 Å². The molecule has 0 saturated heterocycles. The summed E-state index contributed by atoms with van der Waals surface area (Å²) in [5, 5.41) is 0.254. The van der Waals surface area contributed by atoms with E-state index >= 15 is 0 Å². The fourth-order valence-electron chi connectivity index (χ4n) is 1.87. The van der Waals surface area contributed by atoms with E-state index in [1.165, 1.54) is 6.07 Å². The van der Waals surface area contributed by atoms with Crippen molar-refractivity contribution in [3.8, 4) is 5.69 Å². The summed E-state index contributed by atoms with van der Waals surface area (Å²) in [4.78, 5) is 18.3. The Labute approximate surface area is 109 Å². The maximum atomic E-state index is 11.4. The predicted octanol–water partition coefficient (Wildman–Crippen LogP) is 1.16. The molecule has 1 aromatic carbocycles. The van der Waals surface area contributed by atoms with Crippen LogP contribution < -0.4 is 11.0 Å². The van der Waals surface area contributed by atoms with Crippen molar-refractivity contribution in [2.45, 2.75) is 0 Å². The number of pyridine rings is 1. The van der Waals surface area contributed by atoms with Crippen LogP contribution >= 0.6 is 11.6 Å². The molecule has 0 aliphatic heterocycles. The summed E-state index contributed by atoms with van der Waals surface area (Å²) >= 11 is 6.10. The maximum Gasteiger partial charge on any atom is 0.249 e. The molecule has 2 radical (unpaired) electrons. The van der Waals surface area contributed by atoms with E-state index in [0.29, 0.717) is 22.3 Å². The minimum Gasteiger partial charge on any atom is -0.306 e. The molecule has 0 aliphatic rings. The summed E-state index contributed by atoms with van der Waals surface area (Å²) in [6.45, 7) is 0. The van der Waals surface area contributed by atoms with Crippen LogP contribution in [0.2, 0.25) is 5.28 Å². The van der Waals surface area contributed by atoms with Crippen LogP contribution in [0.1, 0.15) is 0 Å². The SMILES string of the molecule is [B]c1ccccc1-n1c(Cl)nc2ccc(=O)[nH]c21. The molecule has 0 amide bonds. The number of hydrogen-bond donors (Lipinski definition) is 1. The Hall–Kier alpha value is -2.01. The Morgan fingerprint density at radius 2 is 2.00 bits per heavy atom. The van der Waals surface area contributed by atoms with Gasteiger partial charge in [0.15, 0.2) is 0 Å². The number of para-hydroxylation sites is 1. The number of hydrogen-bond acceptors (Lipinski definition) is 2. The third-order valence-corrected chi connectivity index (χ3v) is 2.93. The van der Waals surface area contributed by atoms with Crippen molar-refractivity contribution in [3.63, 3.8) is 0 Å². The fraction of sp³-hybridized carbons (Fsp3) is 0. The van der Waals surface area contributed by atoms with Gasteiger partial charge >= 0.3 is 0 Å². The standard InChI is InChI=1S/C12H7BClN3O/c13-7-3-1-2-4-9(7)17-11-8(15-12(17)14)5-6-10(18)16-11/h1-6H,(H,16,18). The van der Waals surface area contributed by atoms with Gasteiger partial charge in [-0.1, -0.05) is 23.7 Å². The van der Waals surface area contributed by atoms with E-state index in [1.54, 1.807) is 16.7 Å². The molecule has 86 valence electrons. The highest BCUT2D eigenvalue weighted by molar-refractivity contribution is 6.35. The molecule has 3 rings (SSSR count). The van der Waals surface area contributed by atoms with E-state index in [-0.39, 0.29) is 10.8 Å². The second kappa shape index (κ2) is 4.03. The van der Waals surface area contributed by atoms with Crippen LogP contribution in [0.3, 0.4) is 0 Å². The van der Waals surface area contributed by atoms with E-state index in [2.05, 4.69) is 9.97 Å². The zero-order valence-corrected chi connectivity index (χ0v) is 9.98. The predicted molar refractivity (Wildman–Crippen MR) is 72.1 cm³/mol. The topological polar surface area (TPSA) is 50.7 Å². The third kappa shape index (κ3) is 1.64. The van der Waals surface area contributed by atoms with E-state index in [4.69, 9.17) is 19.4 Å². The first-order valence-corrected chi connectivity index (χ1v) is 5.67. The molecule has 0 fully saturated rings. The smallest absolute Gasteiger partial charge is 0.249 e. The quantitative estimate of drug-likeness (QED) is 0.664. The van der Waals surface area contributed by atoms with E-state index < -0.39 is 0 Å².